The molecule has 0 spiro atoms. The first kappa shape index (κ1) is 11.9. The van der Waals surface area contributed by atoms with Crippen LogP contribution in [0.3, 0.4) is 0 Å². The van der Waals surface area contributed by atoms with Crippen LogP contribution in [0.2, 0.25) is 5.15 Å². The summed E-state index contributed by atoms with van der Waals surface area (Å²) in [5, 5.41) is 12.8. The van der Waals surface area contributed by atoms with E-state index in [1.165, 1.54) is 0 Å². The van der Waals surface area contributed by atoms with E-state index in [0.29, 0.717) is 5.15 Å². The highest BCUT2D eigenvalue weighted by Crippen LogP contribution is 2.30. The first-order valence-corrected chi connectivity index (χ1v) is 6.03. The summed E-state index contributed by atoms with van der Waals surface area (Å²) in [7, 11) is 3.77. The Labute approximate surface area is 114 Å². The fourth-order valence-corrected chi connectivity index (χ4v) is 2.19. The maximum absolute atomic E-state index is 5.95. The van der Waals surface area contributed by atoms with Gasteiger partial charge in [0.15, 0.2) is 5.82 Å². The molecule has 0 aliphatic heterocycles. The average Bonchev–Trinajstić information content (AvgIpc) is 2.95. The summed E-state index contributed by atoms with van der Waals surface area (Å²) in [5.41, 5.74) is 2.78. The van der Waals surface area contributed by atoms with Crippen molar-refractivity contribution < 1.29 is 0 Å². The Morgan fingerprint density at radius 3 is 2.79 bits per heavy atom. The van der Waals surface area contributed by atoms with E-state index >= 15 is 0 Å². The van der Waals surface area contributed by atoms with E-state index in [2.05, 4.69) is 20.3 Å². The molecule has 0 saturated heterocycles. The Kier molecular flexibility index (Phi) is 2.79. The van der Waals surface area contributed by atoms with Crippen LogP contribution in [0.1, 0.15) is 0 Å². The lowest BCUT2D eigenvalue weighted by Gasteiger charge is -2.06. The standard InChI is InChI=1S/C12H11ClN6/c1-18-7-15-17-12(18)9-6-16-19(2)11(9)8-3-4-14-10(13)5-8/h3-7H,1-2H3. The molecule has 3 heterocycles. The van der Waals surface area contributed by atoms with Crippen LogP contribution >= 0.6 is 11.6 Å². The quantitative estimate of drug-likeness (QED) is 0.670. The Bertz CT molecular complexity index is 729. The summed E-state index contributed by atoms with van der Waals surface area (Å²) in [6, 6.07) is 3.70. The van der Waals surface area contributed by atoms with Crippen molar-refractivity contribution in [2.45, 2.75) is 0 Å². The molecule has 96 valence electrons. The van der Waals surface area contributed by atoms with Crippen LogP contribution in [0, 0.1) is 0 Å². The second-order valence-electron chi connectivity index (χ2n) is 4.16. The number of hydrogen-bond acceptors (Lipinski definition) is 4. The molecule has 3 aromatic rings. The van der Waals surface area contributed by atoms with Gasteiger partial charge in [0.05, 0.1) is 17.5 Å². The smallest absolute Gasteiger partial charge is 0.167 e. The van der Waals surface area contributed by atoms with Crippen molar-refractivity contribution in [2.75, 3.05) is 0 Å². The van der Waals surface area contributed by atoms with E-state index < -0.39 is 0 Å². The van der Waals surface area contributed by atoms with Crippen molar-refractivity contribution in [1.29, 1.82) is 0 Å². The molecular weight excluding hydrogens is 264 g/mol. The third-order valence-electron chi connectivity index (χ3n) is 2.89. The summed E-state index contributed by atoms with van der Waals surface area (Å²) >= 11 is 5.95. The highest BCUT2D eigenvalue weighted by molar-refractivity contribution is 6.29. The van der Waals surface area contributed by atoms with Gasteiger partial charge >= 0.3 is 0 Å². The molecule has 0 amide bonds. The van der Waals surface area contributed by atoms with Crippen LogP contribution in [0.25, 0.3) is 22.6 Å². The number of nitrogens with zero attached hydrogens (tertiary/aromatic N) is 6. The molecule has 0 saturated carbocycles. The van der Waals surface area contributed by atoms with E-state index in [1.54, 1.807) is 29.5 Å². The molecule has 3 rings (SSSR count). The molecule has 0 N–H and O–H groups in total. The first-order valence-electron chi connectivity index (χ1n) is 5.65. The molecule has 0 radical (unpaired) electrons. The van der Waals surface area contributed by atoms with Crippen LogP contribution < -0.4 is 0 Å². The van der Waals surface area contributed by atoms with Crippen molar-refractivity contribution in [2.24, 2.45) is 14.1 Å². The van der Waals surface area contributed by atoms with Crippen molar-refractivity contribution >= 4 is 11.6 Å². The fraction of sp³-hybridized carbons (Fsp3) is 0.167. The van der Waals surface area contributed by atoms with Crippen LogP contribution in [-0.2, 0) is 14.1 Å². The van der Waals surface area contributed by atoms with E-state index in [0.717, 1.165) is 22.6 Å². The Hall–Kier alpha value is -2.21. The highest BCUT2D eigenvalue weighted by atomic mass is 35.5. The van der Waals surface area contributed by atoms with E-state index in [9.17, 15) is 0 Å². The number of pyridine rings is 1. The van der Waals surface area contributed by atoms with Crippen LogP contribution in [0.15, 0.2) is 30.9 Å². The second-order valence-corrected chi connectivity index (χ2v) is 4.55. The molecular formula is C12H11ClN6. The largest absolute Gasteiger partial charge is 0.317 e. The third kappa shape index (κ3) is 2.00. The van der Waals surface area contributed by atoms with Gasteiger partial charge in [-0.15, -0.1) is 10.2 Å². The number of aromatic nitrogens is 6. The molecule has 6 nitrogen and oxygen atoms in total. The maximum atomic E-state index is 5.95. The third-order valence-corrected chi connectivity index (χ3v) is 3.10. The predicted octanol–water partition coefficient (Wildman–Crippen LogP) is 1.93. The molecule has 7 heteroatoms. The van der Waals surface area contributed by atoms with Gasteiger partial charge in [-0.05, 0) is 12.1 Å². The van der Waals surface area contributed by atoms with Gasteiger partial charge in [0.2, 0.25) is 0 Å². The monoisotopic (exact) mass is 274 g/mol. The van der Waals surface area contributed by atoms with Gasteiger partial charge in [0.25, 0.3) is 0 Å². The molecule has 0 aromatic carbocycles. The zero-order valence-corrected chi connectivity index (χ0v) is 11.2. The van der Waals surface area contributed by atoms with Crippen molar-refractivity contribution in [3.8, 4) is 22.6 Å². The SMILES string of the molecule is Cn1cnnc1-c1cnn(C)c1-c1ccnc(Cl)c1. The number of rotatable bonds is 2. The lowest BCUT2D eigenvalue weighted by atomic mass is 10.1. The minimum absolute atomic E-state index is 0.447. The molecule has 0 unspecified atom stereocenters. The fourth-order valence-electron chi connectivity index (χ4n) is 2.02. The topological polar surface area (TPSA) is 61.4 Å². The Balaban J connectivity index is 2.22. The van der Waals surface area contributed by atoms with Crippen LogP contribution in [-0.4, -0.2) is 29.5 Å². The number of halogens is 1. The van der Waals surface area contributed by atoms with Gasteiger partial charge in [0.1, 0.15) is 11.5 Å². The summed E-state index contributed by atoms with van der Waals surface area (Å²) in [6.07, 6.45) is 5.10. The van der Waals surface area contributed by atoms with E-state index in [4.69, 9.17) is 11.6 Å². The van der Waals surface area contributed by atoms with Gasteiger partial charge in [-0.2, -0.15) is 5.10 Å². The Morgan fingerprint density at radius 1 is 1.26 bits per heavy atom. The number of aryl methyl sites for hydroxylation is 2. The molecule has 0 atom stereocenters. The van der Waals surface area contributed by atoms with Gasteiger partial charge in [-0.3, -0.25) is 4.68 Å². The normalized spacial score (nSPS) is 10.9. The zero-order chi connectivity index (χ0) is 13.4. The van der Waals surface area contributed by atoms with Crippen LogP contribution in [0.5, 0.6) is 0 Å². The zero-order valence-electron chi connectivity index (χ0n) is 10.4. The lowest BCUT2D eigenvalue weighted by molar-refractivity contribution is 0.775. The maximum Gasteiger partial charge on any atom is 0.167 e. The molecule has 3 aromatic heterocycles. The van der Waals surface area contributed by atoms with Crippen molar-refractivity contribution in [3.63, 3.8) is 0 Å². The summed E-state index contributed by atoms with van der Waals surface area (Å²) in [6.45, 7) is 0. The van der Waals surface area contributed by atoms with Gasteiger partial charge < -0.3 is 4.57 Å². The lowest BCUT2D eigenvalue weighted by Crippen LogP contribution is -1.97. The summed E-state index contributed by atoms with van der Waals surface area (Å²) in [4.78, 5) is 3.99. The molecule has 0 aliphatic carbocycles. The first-order chi connectivity index (χ1) is 9.16. The summed E-state index contributed by atoms with van der Waals surface area (Å²) in [5.74, 6) is 0.760. The van der Waals surface area contributed by atoms with Gasteiger partial charge in [0, 0.05) is 25.9 Å². The average molecular weight is 275 g/mol. The predicted molar refractivity (Wildman–Crippen MR) is 71.4 cm³/mol. The minimum Gasteiger partial charge on any atom is -0.317 e. The Morgan fingerprint density at radius 2 is 2.11 bits per heavy atom. The van der Waals surface area contributed by atoms with E-state index in [1.807, 2.05) is 24.7 Å². The molecule has 0 fully saturated rings. The van der Waals surface area contributed by atoms with Crippen molar-refractivity contribution in [1.82, 2.24) is 29.5 Å². The summed E-state index contributed by atoms with van der Waals surface area (Å²) < 4.78 is 3.64. The second kappa shape index (κ2) is 4.47. The number of hydrogen-bond donors (Lipinski definition) is 0. The van der Waals surface area contributed by atoms with Gasteiger partial charge in [-0.1, -0.05) is 11.6 Å². The minimum atomic E-state index is 0.447. The highest BCUT2D eigenvalue weighted by Gasteiger charge is 2.16. The molecule has 0 aliphatic rings. The van der Waals surface area contributed by atoms with Crippen LogP contribution in [0.4, 0.5) is 0 Å². The molecule has 19 heavy (non-hydrogen) atoms. The molecule has 0 bridgehead atoms. The van der Waals surface area contributed by atoms with E-state index in [-0.39, 0.29) is 0 Å². The van der Waals surface area contributed by atoms with Crippen molar-refractivity contribution in [3.05, 3.63) is 36.0 Å². The van der Waals surface area contributed by atoms with Gasteiger partial charge in [-0.25, -0.2) is 4.98 Å².